The second-order valence-electron chi connectivity index (χ2n) is 4.13. The zero-order valence-electron chi connectivity index (χ0n) is 10.5. The first-order chi connectivity index (χ1) is 8.08. The van der Waals surface area contributed by atoms with Crippen molar-refractivity contribution in [2.24, 2.45) is 0 Å². The van der Waals surface area contributed by atoms with Crippen LogP contribution in [0.1, 0.15) is 31.4 Å². The molecule has 0 bridgehead atoms. The van der Waals surface area contributed by atoms with Gasteiger partial charge in [0.2, 0.25) is 0 Å². The van der Waals surface area contributed by atoms with Crippen molar-refractivity contribution in [3.63, 3.8) is 0 Å². The molecule has 2 unspecified atom stereocenters. The van der Waals surface area contributed by atoms with Gasteiger partial charge in [0.1, 0.15) is 5.82 Å². The Kier molecular flexibility index (Phi) is 5.89. The predicted octanol–water partition coefficient (Wildman–Crippen LogP) is 3.55. The van der Waals surface area contributed by atoms with Gasteiger partial charge in [0.15, 0.2) is 0 Å². The van der Waals surface area contributed by atoms with Crippen molar-refractivity contribution in [2.45, 2.75) is 31.9 Å². The number of methoxy groups -OCH3 is 1. The number of halogens is 2. The van der Waals surface area contributed by atoms with E-state index < -0.39 is 0 Å². The van der Waals surface area contributed by atoms with E-state index in [0.29, 0.717) is 5.02 Å². The number of benzene rings is 1. The lowest BCUT2D eigenvalue weighted by Gasteiger charge is -2.19. The van der Waals surface area contributed by atoms with Crippen LogP contribution in [0.5, 0.6) is 0 Å². The van der Waals surface area contributed by atoms with E-state index in [9.17, 15) is 4.39 Å². The Balaban J connectivity index is 2.75. The molecule has 0 aliphatic heterocycles. The van der Waals surface area contributed by atoms with E-state index in [1.807, 2.05) is 14.0 Å². The van der Waals surface area contributed by atoms with Crippen LogP contribution in [-0.4, -0.2) is 20.3 Å². The van der Waals surface area contributed by atoms with Crippen LogP contribution < -0.4 is 5.32 Å². The molecule has 17 heavy (non-hydrogen) atoms. The molecule has 4 heteroatoms. The minimum Gasteiger partial charge on any atom is -0.382 e. The summed E-state index contributed by atoms with van der Waals surface area (Å²) in [5, 5.41) is 3.75. The van der Waals surface area contributed by atoms with Gasteiger partial charge in [-0.3, -0.25) is 0 Å². The van der Waals surface area contributed by atoms with Crippen molar-refractivity contribution < 1.29 is 9.13 Å². The molecule has 0 aromatic heterocycles. The van der Waals surface area contributed by atoms with E-state index in [1.165, 1.54) is 12.1 Å². The summed E-state index contributed by atoms with van der Waals surface area (Å²) in [6.45, 7) is 2.01. The number of rotatable bonds is 6. The molecule has 0 fully saturated rings. The molecule has 0 spiro atoms. The van der Waals surface area contributed by atoms with Gasteiger partial charge in [-0.1, -0.05) is 11.6 Å². The first-order valence-corrected chi connectivity index (χ1v) is 6.11. The second kappa shape index (κ2) is 6.94. The summed E-state index contributed by atoms with van der Waals surface area (Å²) in [4.78, 5) is 0. The highest BCUT2D eigenvalue weighted by atomic mass is 35.5. The molecule has 2 atom stereocenters. The first kappa shape index (κ1) is 14.4. The summed E-state index contributed by atoms with van der Waals surface area (Å²) in [7, 11) is 3.54. The summed E-state index contributed by atoms with van der Waals surface area (Å²) in [6, 6.07) is 4.50. The summed E-state index contributed by atoms with van der Waals surface area (Å²) in [5.74, 6) is -0.260. The fourth-order valence-corrected chi connectivity index (χ4v) is 2.01. The average molecular weight is 260 g/mol. The molecule has 0 heterocycles. The monoisotopic (exact) mass is 259 g/mol. The Morgan fingerprint density at radius 1 is 1.41 bits per heavy atom. The summed E-state index contributed by atoms with van der Waals surface area (Å²) < 4.78 is 18.4. The van der Waals surface area contributed by atoms with Crippen LogP contribution in [-0.2, 0) is 4.74 Å². The van der Waals surface area contributed by atoms with Crippen LogP contribution in [0, 0.1) is 5.82 Å². The van der Waals surface area contributed by atoms with Gasteiger partial charge in [-0.15, -0.1) is 0 Å². The van der Waals surface area contributed by atoms with Gasteiger partial charge >= 0.3 is 0 Å². The van der Waals surface area contributed by atoms with Crippen LogP contribution in [0.4, 0.5) is 4.39 Å². The highest BCUT2D eigenvalue weighted by Gasteiger charge is 2.15. The fourth-order valence-electron chi connectivity index (χ4n) is 1.76. The van der Waals surface area contributed by atoms with Crippen molar-refractivity contribution in [3.05, 3.63) is 34.6 Å². The molecule has 2 nitrogen and oxygen atoms in total. The van der Waals surface area contributed by atoms with E-state index >= 15 is 0 Å². The zero-order chi connectivity index (χ0) is 12.8. The molecule has 0 saturated carbocycles. The Bertz CT molecular complexity index is 359. The lowest BCUT2D eigenvalue weighted by atomic mass is 10.0. The maximum atomic E-state index is 13.2. The Morgan fingerprint density at radius 2 is 2.12 bits per heavy atom. The lowest BCUT2D eigenvalue weighted by molar-refractivity contribution is 0.106. The SMILES string of the molecule is CNC(CCC(C)OC)c1cc(F)ccc1Cl. The number of nitrogens with one attached hydrogen (secondary N) is 1. The molecule has 0 saturated heterocycles. The van der Waals surface area contributed by atoms with Crippen LogP contribution in [0.2, 0.25) is 5.02 Å². The predicted molar refractivity (Wildman–Crippen MR) is 68.9 cm³/mol. The maximum absolute atomic E-state index is 13.2. The van der Waals surface area contributed by atoms with E-state index in [-0.39, 0.29) is 18.0 Å². The van der Waals surface area contributed by atoms with Gasteiger partial charge in [-0.05, 0) is 50.6 Å². The number of ether oxygens (including phenoxy) is 1. The van der Waals surface area contributed by atoms with E-state index in [0.717, 1.165) is 18.4 Å². The summed E-state index contributed by atoms with van der Waals surface area (Å²) >= 11 is 6.08. The first-order valence-electron chi connectivity index (χ1n) is 5.73. The van der Waals surface area contributed by atoms with Gasteiger partial charge < -0.3 is 10.1 Å². The molecule has 0 radical (unpaired) electrons. The third-order valence-corrected chi connectivity index (χ3v) is 3.29. The minimum absolute atomic E-state index is 0.0517. The average Bonchev–Trinajstić information content (AvgIpc) is 2.33. The van der Waals surface area contributed by atoms with Crippen molar-refractivity contribution in [1.29, 1.82) is 0 Å². The van der Waals surface area contributed by atoms with Crippen molar-refractivity contribution in [3.8, 4) is 0 Å². The molecular weight excluding hydrogens is 241 g/mol. The maximum Gasteiger partial charge on any atom is 0.123 e. The molecule has 1 aromatic carbocycles. The molecular formula is C13H19ClFNO. The standard InChI is InChI=1S/C13H19ClFNO/c1-9(17-3)4-7-13(16-2)11-8-10(15)5-6-12(11)14/h5-6,8-9,13,16H,4,7H2,1-3H3. The number of hydrogen-bond acceptors (Lipinski definition) is 2. The topological polar surface area (TPSA) is 21.3 Å². The van der Waals surface area contributed by atoms with Gasteiger partial charge in [-0.25, -0.2) is 4.39 Å². The molecule has 1 N–H and O–H groups in total. The van der Waals surface area contributed by atoms with Gasteiger partial charge in [0.05, 0.1) is 6.10 Å². The van der Waals surface area contributed by atoms with Crippen LogP contribution in [0.15, 0.2) is 18.2 Å². The summed E-state index contributed by atoms with van der Waals surface area (Å²) in [5.41, 5.74) is 0.803. The Hall–Kier alpha value is -0.640. The lowest BCUT2D eigenvalue weighted by Crippen LogP contribution is -2.19. The molecule has 0 amide bonds. The third-order valence-electron chi connectivity index (χ3n) is 2.95. The molecule has 0 aliphatic carbocycles. The van der Waals surface area contributed by atoms with Crippen molar-refractivity contribution in [2.75, 3.05) is 14.2 Å². The third kappa shape index (κ3) is 4.26. The van der Waals surface area contributed by atoms with Crippen molar-refractivity contribution in [1.82, 2.24) is 5.32 Å². The number of hydrogen-bond donors (Lipinski definition) is 1. The van der Waals surface area contributed by atoms with E-state index in [1.54, 1.807) is 13.2 Å². The normalized spacial score (nSPS) is 14.6. The molecule has 1 aromatic rings. The highest BCUT2D eigenvalue weighted by Crippen LogP contribution is 2.27. The van der Waals surface area contributed by atoms with Gasteiger partial charge in [0, 0.05) is 18.2 Å². The van der Waals surface area contributed by atoms with Gasteiger partial charge in [-0.2, -0.15) is 0 Å². The zero-order valence-corrected chi connectivity index (χ0v) is 11.2. The van der Waals surface area contributed by atoms with Crippen LogP contribution in [0.25, 0.3) is 0 Å². The molecule has 96 valence electrons. The summed E-state index contributed by atoms with van der Waals surface area (Å²) in [6.07, 6.45) is 1.95. The Labute approximate surface area is 107 Å². The Morgan fingerprint density at radius 3 is 2.71 bits per heavy atom. The van der Waals surface area contributed by atoms with Crippen LogP contribution >= 0.6 is 11.6 Å². The fraction of sp³-hybridized carbons (Fsp3) is 0.538. The van der Waals surface area contributed by atoms with E-state index in [2.05, 4.69) is 5.32 Å². The van der Waals surface area contributed by atoms with E-state index in [4.69, 9.17) is 16.3 Å². The minimum atomic E-state index is -0.260. The molecule has 0 aliphatic rings. The highest BCUT2D eigenvalue weighted by molar-refractivity contribution is 6.31. The quantitative estimate of drug-likeness (QED) is 0.844. The molecule has 1 rings (SSSR count). The second-order valence-corrected chi connectivity index (χ2v) is 4.54. The van der Waals surface area contributed by atoms with Crippen LogP contribution in [0.3, 0.4) is 0 Å². The smallest absolute Gasteiger partial charge is 0.123 e. The van der Waals surface area contributed by atoms with Gasteiger partial charge in [0.25, 0.3) is 0 Å². The largest absolute Gasteiger partial charge is 0.382 e. The van der Waals surface area contributed by atoms with Crippen molar-refractivity contribution >= 4 is 11.6 Å².